The first-order valence-electron chi connectivity index (χ1n) is 8.33. The van der Waals surface area contributed by atoms with Crippen LogP contribution in [0.4, 0.5) is 17.5 Å². The molecule has 10 heteroatoms. The van der Waals surface area contributed by atoms with Crippen molar-refractivity contribution in [1.82, 2.24) is 9.97 Å². The van der Waals surface area contributed by atoms with Gasteiger partial charge in [0.1, 0.15) is 10.8 Å². The molecule has 0 unspecified atom stereocenters. The average Bonchev–Trinajstić information content (AvgIpc) is 3.18. The highest BCUT2D eigenvalue weighted by Crippen LogP contribution is 2.30. The summed E-state index contributed by atoms with van der Waals surface area (Å²) < 4.78 is 30.3. The number of anilines is 3. The first kappa shape index (κ1) is 19.8. The second-order valence-electron chi connectivity index (χ2n) is 5.99. The lowest BCUT2D eigenvalue weighted by molar-refractivity contribution is 0.560. The first-order chi connectivity index (χ1) is 13.4. The van der Waals surface area contributed by atoms with Gasteiger partial charge in [0.2, 0.25) is 5.95 Å². The van der Waals surface area contributed by atoms with Crippen LogP contribution in [0, 0.1) is 0 Å². The summed E-state index contributed by atoms with van der Waals surface area (Å²) in [6.45, 7) is 3.26. The molecule has 1 aromatic carbocycles. The monoisotopic (exact) mass is 419 g/mol. The van der Waals surface area contributed by atoms with E-state index in [1.165, 1.54) is 18.7 Å². The molecule has 0 aliphatic heterocycles. The van der Waals surface area contributed by atoms with Crippen LogP contribution in [0.1, 0.15) is 19.6 Å². The second kappa shape index (κ2) is 8.41. The van der Waals surface area contributed by atoms with Crippen molar-refractivity contribution in [2.24, 2.45) is 5.10 Å². The van der Waals surface area contributed by atoms with Crippen LogP contribution in [0.2, 0.25) is 5.02 Å². The zero-order chi connectivity index (χ0) is 20.1. The van der Waals surface area contributed by atoms with Crippen molar-refractivity contribution in [3.05, 3.63) is 59.6 Å². The summed E-state index contributed by atoms with van der Waals surface area (Å²) in [5, 5.41) is 6.62. The minimum absolute atomic E-state index is 0.171. The Morgan fingerprint density at radius 3 is 2.71 bits per heavy atom. The Labute approximate surface area is 167 Å². The summed E-state index contributed by atoms with van der Waals surface area (Å²) in [6.07, 6.45) is 4.39. The molecule has 3 aromatic rings. The smallest absolute Gasteiger partial charge is 0.245 e. The quantitative estimate of drug-likeness (QED) is 0.438. The molecule has 8 nitrogen and oxygen atoms in total. The number of benzene rings is 1. The predicted octanol–water partition coefficient (Wildman–Crippen LogP) is 4.09. The Hall–Kier alpha value is -2.91. The standard InChI is InChI=1S/C18H18ClN5O3S/c1-12(2)28(25,26)16-8-4-3-7-15(16)22-17-14(19)11-20-18(23-17)24-21-10-13-6-5-9-27-13/h3-12H,1-2H3,(H2,20,22,23,24)/b21-10+. The van der Waals surface area contributed by atoms with Gasteiger partial charge in [-0.2, -0.15) is 10.1 Å². The van der Waals surface area contributed by atoms with Crippen LogP contribution in [0.3, 0.4) is 0 Å². The summed E-state index contributed by atoms with van der Waals surface area (Å²) in [5.41, 5.74) is 3.05. The molecular weight excluding hydrogens is 402 g/mol. The lowest BCUT2D eigenvalue weighted by Crippen LogP contribution is -2.15. The van der Waals surface area contributed by atoms with Crippen LogP contribution in [-0.2, 0) is 9.84 Å². The maximum Gasteiger partial charge on any atom is 0.245 e. The molecule has 2 aromatic heterocycles. The third-order valence-corrected chi connectivity index (χ3v) is 6.20. The molecule has 0 aliphatic rings. The Morgan fingerprint density at radius 2 is 2.00 bits per heavy atom. The zero-order valence-corrected chi connectivity index (χ0v) is 16.7. The van der Waals surface area contributed by atoms with Gasteiger partial charge >= 0.3 is 0 Å². The van der Waals surface area contributed by atoms with E-state index in [4.69, 9.17) is 16.0 Å². The summed E-state index contributed by atoms with van der Waals surface area (Å²) >= 11 is 6.17. The highest BCUT2D eigenvalue weighted by atomic mass is 35.5. The molecule has 0 amide bonds. The Bertz CT molecular complexity index is 1080. The van der Waals surface area contributed by atoms with Crippen LogP contribution < -0.4 is 10.7 Å². The number of aromatic nitrogens is 2. The molecule has 0 aliphatic carbocycles. The number of nitrogens with zero attached hydrogens (tertiary/aromatic N) is 3. The van der Waals surface area contributed by atoms with Gasteiger partial charge in [-0.05, 0) is 38.1 Å². The Kier molecular flexibility index (Phi) is 5.96. The first-order valence-corrected chi connectivity index (χ1v) is 10.3. The van der Waals surface area contributed by atoms with E-state index in [1.807, 2.05) is 0 Å². The Balaban J connectivity index is 1.85. The van der Waals surface area contributed by atoms with Crippen molar-refractivity contribution in [1.29, 1.82) is 0 Å². The lowest BCUT2D eigenvalue weighted by atomic mass is 10.3. The van der Waals surface area contributed by atoms with E-state index >= 15 is 0 Å². The molecule has 0 spiro atoms. The van der Waals surface area contributed by atoms with Gasteiger partial charge in [-0.3, -0.25) is 0 Å². The van der Waals surface area contributed by atoms with Crippen molar-refractivity contribution in [2.45, 2.75) is 24.0 Å². The Morgan fingerprint density at radius 1 is 1.21 bits per heavy atom. The molecule has 0 radical (unpaired) electrons. The molecule has 2 N–H and O–H groups in total. The topological polar surface area (TPSA) is 109 Å². The fourth-order valence-corrected chi connectivity index (χ4v) is 3.57. The van der Waals surface area contributed by atoms with Gasteiger partial charge in [0.25, 0.3) is 0 Å². The van der Waals surface area contributed by atoms with E-state index in [9.17, 15) is 8.42 Å². The second-order valence-corrected chi connectivity index (χ2v) is 8.87. The van der Waals surface area contributed by atoms with Crippen LogP contribution >= 0.6 is 11.6 Å². The number of para-hydroxylation sites is 1. The summed E-state index contributed by atoms with van der Waals surface area (Å²) in [5.74, 6) is 0.991. The maximum atomic E-state index is 12.6. The van der Waals surface area contributed by atoms with Crippen LogP contribution in [0.15, 0.2) is 63.3 Å². The van der Waals surface area contributed by atoms with E-state index in [1.54, 1.807) is 50.2 Å². The normalized spacial score (nSPS) is 11.9. The molecule has 28 heavy (non-hydrogen) atoms. The van der Waals surface area contributed by atoms with Crippen molar-refractivity contribution < 1.29 is 12.8 Å². The summed E-state index contributed by atoms with van der Waals surface area (Å²) in [4.78, 5) is 8.46. The minimum Gasteiger partial charge on any atom is -0.463 e. The van der Waals surface area contributed by atoms with Gasteiger partial charge in [0, 0.05) is 0 Å². The molecule has 0 bridgehead atoms. The highest BCUT2D eigenvalue weighted by Gasteiger charge is 2.23. The highest BCUT2D eigenvalue weighted by molar-refractivity contribution is 7.92. The van der Waals surface area contributed by atoms with Crippen molar-refractivity contribution >= 4 is 45.1 Å². The third kappa shape index (κ3) is 4.49. The molecule has 2 heterocycles. The number of furan rings is 1. The largest absolute Gasteiger partial charge is 0.463 e. The molecule has 0 saturated carbocycles. The number of hydrazone groups is 1. The molecular formula is C18H18ClN5O3S. The van der Waals surface area contributed by atoms with E-state index in [2.05, 4.69) is 25.8 Å². The van der Waals surface area contributed by atoms with E-state index in [0.717, 1.165) is 0 Å². The number of sulfone groups is 1. The van der Waals surface area contributed by atoms with Crippen molar-refractivity contribution in [3.8, 4) is 0 Å². The lowest BCUT2D eigenvalue weighted by Gasteiger charge is -2.15. The number of hydrogen-bond donors (Lipinski definition) is 2. The van der Waals surface area contributed by atoms with Crippen LogP contribution in [0.5, 0.6) is 0 Å². The summed E-state index contributed by atoms with van der Waals surface area (Å²) in [6, 6.07) is 10.1. The number of rotatable bonds is 7. The fraction of sp³-hybridized carbons (Fsp3) is 0.167. The SMILES string of the molecule is CC(C)S(=O)(=O)c1ccccc1Nc1nc(N/N=C/c2ccco2)ncc1Cl. The zero-order valence-electron chi connectivity index (χ0n) is 15.1. The summed E-state index contributed by atoms with van der Waals surface area (Å²) in [7, 11) is -3.49. The molecule has 146 valence electrons. The third-order valence-electron chi connectivity index (χ3n) is 3.71. The predicted molar refractivity (Wildman–Crippen MR) is 109 cm³/mol. The van der Waals surface area contributed by atoms with Gasteiger partial charge in [-0.25, -0.2) is 18.8 Å². The average molecular weight is 420 g/mol. The van der Waals surface area contributed by atoms with E-state index < -0.39 is 15.1 Å². The van der Waals surface area contributed by atoms with Gasteiger partial charge in [-0.15, -0.1) is 0 Å². The van der Waals surface area contributed by atoms with Crippen LogP contribution in [-0.4, -0.2) is 29.9 Å². The van der Waals surface area contributed by atoms with E-state index in [0.29, 0.717) is 11.4 Å². The minimum atomic E-state index is -3.49. The van der Waals surface area contributed by atoms with Gasteiger partial charge < -0.3 is 9.73 Å². The van der Waals surface area contributed by atoms with Gasteiger partial charge in [0.05, 0.1) is 34.5 Å². The number of halogens is 1. The van der Waals surface area contributed by atoms with Crippen molar-refractivity contribution in [3.63, 3.8) is 0 Å². The fourth-order valence-electron chi connectivity index (χ4n) is 2.23. The van der Waals surface area contributed by atoms with Crippen molar-refractivity contribution in [2.75, 3.05) is 10.7 Å². The maximum absolute atomic E-state index is 12.6. The van der Waals surface area contributed by atoms with Gasteiger partial charge in [0.15, 0.2) is 15.7 Å². The molecule has 0 saturated heterocycles. The van der Waals surface area contributed by atoms with E-state index in [-0.39, 0.29) is 21.7 Å². The van der Waals surface area contributed by atoms with Crippen LogP contribution in [0.25, 0.3) is 0 Å². The van der Waals surface area contributed by atoms with Gasteiger partial charge in [-0.1, -0.05) is 23.7 Å². The number of nitrogens with one attached hydrogen (secondary N) is 2. The molecule has 0 atom stereocenters. The molecule has 3 rings (SSSR count). The number of hydrogen-bond acceptors (Lipinski definition) is 8. The molecule has 0 fully saturated rings.